The van der Waals surface area contributed by atoms with Crippen LogP contribution in [0.25, 0.3) is 0 Å². The van der Waals surface area contributed by atoms with Gasteiger partial charge in [0, 0.05) is 25.2 Å². The minimum Gasteiger partial charge on any atom is -0.494 e. The number of rotatable bonds is 5. The molecular formula is C26H33N3O4. The number of likely N-dealkylation sites (tertiary alicyclic amines) is 1. The highest BCUT2D eigenvalue weighted by molar-refractivity contribution is 5.95. The van der Waals surface area contributed by atoms with Crippen LogP contribution in [0.3, 0.4) is 0 Å². The van der Waals surface area contributed by atoms with E-state index in [9.17, 15) is 9.59 Å². The molecule has 1 saturated heterocycles. The first kappa shape index (κ1) is 23.0. The highest BCUT2D eigenvalue weighted by Crippen LogP contribution is 2.35. The lowest BCUT2D eigenvalue weighted by Gasteiger charge is -2.39. The number of para-hydroxylation sites is 1. The van der Waals surface area contributed by atoms with Gasteiger partial charge in [-0.25, -0.2) is 4.79 Å². The van der Waals surface area contributed by atoms with Crippen molar-refractivity contribution in [1.29, 1.82) is 0 Å². The Morgan fingerprint density at radius 1 is 1.18 bits per heavy atom. The van der Waals surface area contributed by atoms with Crippen molar-refractivity contribution in [2.24, 2.45) is 5.92 Å². The Kier molecular flexibility index (Phi) is 7.06. The fourth-order valence-electron chi connectivity index (χ4n) is 4.54. The number of nitrogens with zero attached hydrogens (tertiary/aromatic N) is 2. The molecule has 0 aromatic heterocycles. The van der Waals surface area contributed by atoms with Crippen molar-refractivity contribution in [3.8, 4) is 11.5 Å². The fourth-order valence-corrected chi connectivity index (χ4v) is 4.54. The van der Waals surface area contributed by atoms with E-state index in [2.05, 4.69) is 5.32 Å². The quantitative estimate of drug-likeness (QED) is 0.742. The number of nitrogens with one attached hydrogen (secondary N) is 1. The Hall–Kier alpha value is -3.22. The molecule has 7 nitrogen and oxygen atoms in total. The average Bonchev–Trinajstić information content (AvgIpc) is 2.83. The topological polar surface area (TPSA) is 71.1 Å². The molecule has 3 amide bonds. The van der Waals surface area contributed by atoms with Crippen molar-refractivity contribution in [3.05, 3.63) is 53.6 Å². The maximum atomic E-state index is 13.5. The molecule has 2 aliphatic heterocycles. The number of carbonyl (C=O) groups is 2. The van der Waals surface area contributed by atoms with Crippen LogP contribution in [-0.4, -0.2) is 49.2 Å². The van der Waals surface area contributed by atoms with Crippen molar-refractivity contribution >= 4 is 17.6 Å². The monoisotopic (exact) mass is 451 g/mol. The predicted octanol–water partition coefficient (Wildman–Crippen LogP) is 4.13. The van der Waals surface area contributed by atoms with Gasteiger partial charge in [-0.1, -0.05) is 24.3 Å². The van der Waals surface area contributed by atoms with Crippen LogP contribution in [0.5, 0.6) is 11.5 Å². The molecule has 0 spiro atoms. The van der Waals surface area contributed by atoms with E-state index in [0.29, 0.717) is 32.8 Å². The van der Waals surface area contributed by atoms with Gasteiger partial charge in [0.1, 0.15) is 17.6 Å². The van der Waals surface area contributed by atoms with E-state index < -0.39 is 0 Å². The zero-order valence-corrected chi connectivity index (χ0v) is 19.7. The van der Waals surface area contributed by atoms with Gasteiger partial charge in [0.2, 0.25) is 5.91 Å². The molecule has 176 valence electrons. The van der Waals surface area contributed by atoms with Crippen molar-refractivity contribution in [2.75, 3.05) is 31.1 Å². The van der Waals surface area contributed by atoms with Crippen LogP contribution in [0.4, 0.5) is 10.5 Å². The molecule has 7 heteroatoms. The number of hydrogen-bond donors (Lipinski definition) is 1. The summed E-state index contributed by atoms with van der Waals surface area (Å²) in [4.78, 5) is 30.1. The van der Waals surface area contributed by atoms with Crippen LogP contribution in [0.1, 0.15) is 37.8 Å². The second kappa shape index (κ2) is 10.1. The summed E-state index contributed by atoms with van der Waals surface area (Å²) >= 11 is 0. The van der Waals surface area contributed by atoms with E-state index in [4.69, 9.17) is 9.47 Å². The second-order valence-corrected chi connectivity index (χ2v) is 8.84. The fraction of sp³-hybridized carbons (Fsp3) is 0.462. The lowest BCUT2D eigenvalue weighted by atomic mass is 9.97. The van der Waals surface area contributed by atoms with Crippen molar-refractivity contribution in [1.82, 2.24) is 10.2 Å². The molecule has 0 radical (unpaired) electrons. The van der Waals surface area contributed by atoms with Crippen LogP contribution in [0.2, 0.25) is 0 Å². The zero-order valence-electron chi connectivity index (χ0n) is 19.7. The predicted molar refractivity (Wildman–Crippen MR) is 128 cm³/mol. The van der Waals surface area contributed by atoms with Crippen LogP contribution in [0.15, 0.2) is 42.5 Å². The van der Waals surface area contributed by atoms with Crippen LogP contribution < -0.4 is 19.7 Å². The Morgan fingerprint density at radius 3 is 2.82 bits per heavy atom. The number of piperidine rings is 1. The summed E-state index contributed by atoms with van der Waals surface area (Å²) in [5.41, 5.74) is 2.83. The van der Waals surface area contributed by atoms with Crippen molar-refractivity contribution in [2.45, 2.75) is 46.3 Å². The van der Waals surface area contributed by atoms with E-state index in [0.717, 1.165) is 41.2 Å². The SMILES string of the molecule is CCOc1ccccc1CNC(=O)[C@@H]1CCCN(C(=O)N2C[C@H](C)Oc3ccc(C)cc32)C1. The summed E-state index contributed by atoms with van der Waals surface area (Å²) in [6.45, 7) is 8.48. The summed E-state index contributed by atoms with van der Waals surface area (Å²) in [7, 11) is 0. The molecule has 1 fully saturated rings. The molecule has 2 aromatic carbocycles. The summed E-state index contributed by atoms with van der Waals surface area (Å²) in [6.07, 6.45) is 1.50. The molecular weight excluding hydrogens is 418 g/mol. The highest BCUT2D eigenvalue weighted by atomic mass is 16.5. The van der Waals surface area contributed by atoms with Crippen molar-refractivity contribution < 1.29 is 19.1 Å². The van der Waals surface area contributed by atoms with Gasteiger partial charge in [0.15, 0.2) is 0 Å². The molecule has 0 aliphatic carbocycles. The molecule has 33 heavy (non-hydrogen) atoms. The second-order valence-electron chi connectivity index (χ2n) is 8.84. The standard InChI is InChI=1S/C26H33N3O4/c1-4-32-23-10-6-5-8-20(23)15-27-25(30)21-9-7-13-28(17-21)26(31)29-16-19(3)33-24-12-11-18(2)14-22(24)29/h5-6,8,10-12,14,19,21H,4,7,9,13,15-17H2,1-3H3,(H,27,30)/t19-,21+/m0/s1. The maximum Gasteiger partial charge on any atom is 0.324 e. The third-order valence-corrected chi connectivity index (χ3v) is 6.19. The van der Waals surface area contributed by atoms with Gasteiger partial charge in [-0.3, -0.25) is 9.69 Å². The molecule has 0 unspecified atom stereocenters. The summed E-state index contributed by atoms with van der Waals surface area (Å²) < 4.78 is 11.6. The lowest BCUT2D eigenvalue weighted by Crippen LogP contribution is -2.53. The van der Waals surface area contributed by atoms with E-state index in [-0.39, 0.29) is 24.0 Å². The van der Waals surface area contributed by atoms with Gasteiger partial charge >= 0.3 is 6.03 Å². The van der Waals surface area contributed by atoms with Gasteiger partial charge in [0.05, 0.1) is 24.8 Å². The summed E-state index contributed by atoms with van der Waals surface area (Å²) in [6, 6.07) is 13.6. The first-order valence-electron chi connectivity index (χ1n) is 11.8. The molecule has 4 rings (SSSR count). The number of carbonyl (C=O) groups excluding carboxylic acids is 2. The molecule has 2 aromatic rings. The first-order valence-corrected chi connectivity index (χ1v) is 11.8. The maximum absolute atomic E-state index is 13.5. The Bertz CT molecular complexity index is 1010. The molecule has 2 heterocycles. The number of urea groups is 1. The normalized spacial score (nSPS) is 20.0. The highest BCUT2D eigenvalue weighted by Gasteiger charge is 2.34. The van der Waals surface area contributed by atoms with Gasteiger partial charge < -0.3 is 19.7 Å². The smallest absolute Gasteiger partial charge is 0.324 e. The largest absolute Gasteiger partial charge is 0.494 e. The molecule has 2 aliphatic rings. The summed E-state index contributed by atoms with van der Waals surface area (Å²) in [5, 5.41) is 3.05. The van der Waals surface area contributed by atoms with Gasteiger partial charge in [0.25, 0.3) is 0 Å². The minimum atomic E-state index is -0.225. The number of hydrogen-bond acceptors (Lipinski definition) is 4. The number of aryl methyl sites for hydroxylation is 1. The third-order valence-electron chi connectivity index (χ3n) is 6.19. The van der Waals surface area contributed by atoms with Gasteiger partial charge in [-0.05, 0) is 57.4 Å². The van der Waals surface area contributed by atoms with Gasteiger partial charge in [-0.2, -0.15) is 0 Å². The number of amides is 3. The first-order chi connectivity index (χ1) is 16.0. The number of ether oxygens (including phenoxy) is 2. The Balaban J connectivity index is 1.41. The van der Waals surface area contributed by atoms with E-state index in [1.165, 1.54) is 0 Å². The molecule has 0 saturated carbocycles. The number of benzene rings is 2. The van der Waals surface area contributed by atoms with E-state index in [1.807, 2.05) is 68.1 Å². The van der Waals surface area contributed by atoms with E-state index >= 15 is 0 Å². The molecule has 1 N–H and O–H groups in total. The van der Waals surface area contributed by atoms with Crippen molar-refractivity contribution in [3.63, 3.8) is 0 Å². The van der Waals surface area contributed by atoms with Crippen LogP contribution >= 0.6 is 0 Å². The Morgan fingerprint density at radius 2 is 2.00 bits per heavy atom. The Labute approximate surface area is 195 Å². The van der Waals surface area contributed by atoms with Crippen LogP contribution in [-0.2, 0) is 11.3 Å². The average molecular weight is 452 g/mol. The third kappa shape index (κ3) is 5.24. The zero-order chi connectivity index (χ0) is 23.4. The summed E-state index contributed by atoms with van der Waals surface area (Å²) in [5.74, 6) is 1.27. The lowest BCUT2D eigenvalue weighted by molar-refractivity contribution is -0.126. The molecule has 2 atom stereocenters. The number of anilines is 1. The van der Waals surface area contributed by atoms with Crippen LogP contribution in [0, 0.1) is 12.8 Å². The van der Waals surface area contributed by atoms with E-state index in [1.54, 1.807) is 4.90 Å². The number of fused-ring (bicyclic) bond motifs is 1. The minimum absolute atomic E-state index is 0.0228. The molecule has 0 bridgehead atoms. The van der Waals surface area contributed by atoms with Gasteiger partial charge in [-0.15, -0.1) is 0 Å².